The summed E-state index contributed by atoms with van der Waals surface area (Å²) in [5.74, 6) is -0.328. The molecular formula is C23H29ClN6O3. The van der Waals surface area contributed by atoms with Crippen molar-refractivity contribution in [2.24, 2.45) is 11.8 Å². The fourth-order valence-electron chi connectivity index (χ4n) is 3.66. The van der Waals surface area contributed by atoms with Crippen molar-refractivity contribution in [2.45, 2.75) is 41.2 Å². The lowest BCUT2D eigenvalue weighted by Gasteiger charge is -2.26. The number of amides is 1. The van der Waals surface area contributed by atoms with Crippen molar-refractivity contribution in [3.63, 3.8) is 0 Å². The molecular weight excluding hydrogens is 444 g/mol. The van der Waals surface area contributed by atoms with Crippen LogP contribution in [0.3, 0.4) is 0 Å². The molecule has 9 nitrogen and oxygen atoms in total. The van der Waals surface area contributed by atoms with Crippen LogP contribution in [-0.2, 0) is 6.54 Å². The molecule has 3 rings (SSSR count). The summed E-state index contributed by atoms with van der Waals surface area (Å²) in [4.78, 5) is 42.5. The number of aromatic nitrogens is 4. The number of carbonyl (C=O) groups is 1. The number of aromatic amines is 1. The maximum absolute atomic E-state index is 13.7. The van der Waals surface area contributed by atoms with Gasteiger partial charge in [-0.1, -0.05) is 45.4 Å². The normalized spacial score (nSPS) is 11.4. The third kappa shape index (κ3) is 5.03. The molecule has 0 saturated heterocycles. The van der Waals surface area contributed by atoms with Crippen LogP contribution in [0, 0.1) is 18.8 Å². The molecule has 3 N–H and O–H groups in total. The highest BCUT2D eigenvalue weighted by atomic mass is 35.5. The van der Waals surface area contributed by atoms with Crippen molar-refractivity contribution in [1.82, 2.24) is 19.3 Å². The standard InChI is InChI=1S/C23H29ClN6O3/c1-13(2)11-28(19-20(25)29(12-14(3)4)23(33)27-21(19)31)22(32)18-10-26-30(15(18)5)17-8-6-7-16(24)9-17/h6-10,13-14H,11-12,25H2,1-5H3,(H,27,31,33). The minimum Gasteiger partial charge on any atom is -0.383 e. The van der Waals surface area contributed by atoms with Crippen LogP contribution in [0.25, 0.3) is 5.69 Å². The zero-order valence-corrected chi connectivity index (χ0v) is 20.2. The molecule has 0 saturated carbocycles. The Kier molecular flexibility index (Phi) is 7.12. The van der Waals surface area contributed by atoms with E-state index in [2.05, 4.69) is 10.1 Å². The average molecular weight is 473 g/mol. The number of nitrogen functional groups attached to an aromatic ring is 1. The van der Waals surface area contributed by atoms with Crippen molar-refractivity contribution in [3.8, 4) is 5.69 Å². The molecule has 0 unspecified atom stereocenters. The van der Waals surface area contributed by atoms with Crippen molar-refractivity contribution in [3.05, 3.63) is 67.6 Å². The van der Waals surface area contributed by atoms with E-state index in [1.54, 1.807) is 29.8 Å². The first-order chi connectivity index (χ1) is 15.5. The van der Waals surface area contributed by atoms with E-state index in [0.717, 1.165) is 0 Å². The number of carbonyl (C=O) groups excluding carboxylic acids is 1. The van der Waals surface area contributed by atoms with Gasteiger partial charge in [0.1, 0.15) is 5.82 Å². The SMILES string of the molecule is Cc1c(C(=O)N(CC(C)C)c2c(N)n(CC(C)C)c(=O)[nH]c2=O)cnn1-c1cccc(Cl)c1. The molecule has 33 heavy (non-hydrogen) atoms. The number of rotatable bonds is 7. The summed E-state index contributed by atoms with van der Waals surface area (Å²) in [6.45, 7) is 10.0. The van der Waals surface area contributed by atoms with Gasteiger partial charge in [0.25, 0.3) is 11.5 Å². The third-order valence-electron chi connectivity index (χ3n) is 5.12. The highest BCUT2D eigenvalue weighted by Gasteiger charge is 2.28. The Labute approximate surface area is 196 Å². The molecule has 1 amide bonds. The maximum atomic E-state index is 13.7. The highest BCUT2D eigenvalue weighted by Crippen LogP contribution is 2.24. The van der Waals surface area contributed by atoms with Gasteiger partial charge >= 0.3 is 5.69 Å². The minimum absolute atomic E-state index is 0.0292. The maximum Gasteiger partial charge on any atom is 0.330 e. The Hall–Kier alpha value is -3.33. The molecule has 1 aromatic carbocycles. The smallest absolute Gasteiger partial charge is 0.330 e. The van der Waals surface area contributed by atoms with E-state index < -0.39 is 17.2 Å². The van der Waals surface area contributed by atoms with Crippen molar-refractivity contribution >= 4 is 29.0 Å². The number of hydrogen-bond acceptors (Lipinski definition) is 5. The summed E-state index contributed by atoms with van der Waals surface area (Å²) in [5.41, 5.74) is 6.56. The molecule has 2 heterocycles. The van der Waals surface area contributed by atoms with Gasteiger partial charge in [-0.15, -0.1) is 0 Å². The monoisotopic (exact) mass is 472 g/mol. The summed E-state index contributed by atoms with van der Waals surface area (Å²) >= 11 is 6.11. The van der Waals surface area contributed by atoms with E-state index in [1.807, 2.05) is 33.8 Å². The summed E-state index contributed by atoms with van der Waals surface area (Å²) in [5, 5.41) is 4.90. The van der Waals surface area contributed by atoms with E-state index in [-0.39, 0.29) is 29.9 Å². The van der Waals surface area contributed by atoms with Crippen molar-refractivity contribution < 1.29 is 4.79 Å². The molecule has 0 aliphatic heterocycles. The predicted molar refractivity (Wildman–Crippen MR) is 130 cm³/mol. The second-order valence-electron chi connectivity index (χ2n) is 8.84. The number of H-pyrrole nitrogens is 1. The van der Waals surface area contributed by atoms with E-state index in [4.69, 9.17) is 17.3 Å². The van der Waals surface area contributed by atoms with Gasteiger partial charge < -0.3 is 10.6 Å². The Bertz CT molecular complexity index is 1290. The van der Waals surface area contributed by atoms with Gasteiger partial charge in [0, 0.05) is 18.1 Å². The molecule has 0 bridgehead atoms. The molecule has 0 aliphatic rings. The number of nitrogens with two attached hydrogens (primary N) is 1. The Morgan fingerprint density at radius 3 is 2.52 bits per heavy atom. The lowest BCUT2D eigenvalue weighted by Crippen LogP contribution is -2.43. The van der Waals surface area contributed by atoms with Crippen LogP contribution in [0.5, 0.6) is 0 Å². The molecule has 0 atom stereocenters. The molecule has 2 aromatic heterocycles. The molecule has 0 spiro atoms. The second kappa shape index (κ2) is 9.66. The number of nitrogens with one attached hydrogen (secondary N) is 1. The average Bonchev–Trinajstić information content (AvgIpc) is 3.10. The first kappa shape index (κ1) is 24.3. The fourth-order valence-corrected chi connectivity index (χ4v) is 3.84. The van der Waals surface area contributed by atoms with Crippen LogP contribution in [0.1, 0.15) is 43.7 Å². The Morgan fingerprint density at radius 2 is 1.91 bits per heavy atom. The van der Waals surface area contributed by atoms with Crippen LogP contribution in [0.4, 0.5) is 11.5 Å². The number of halogens is 1. The largest absolute Gasteiger partial charge is 0.383 e. The van der Waals surface area contributed by atoms with Gasteiger partial charge in [-0.3, -0.25) is 19.1 Å². The number of hydrogen-bond donors (Lipinski definition) is 2. The van der Waals surface area contributed by atoms with Crippen LogP contribution >= 0.6 is 11.6 Å². The molecule has 0 fully saturated rings. The molecule has 176 valence electrons. The lowest BCUT2D eigenvalue weighted by atomic mass is 10.1. The van der Waals surface area contributed by atoms with Crippen LogP contribution in [0.15, 0.2) is 40.1 Å². The van der Waals surface area contributed by atoms with Gasteiger partial charge in [-0.05, 0) is 37.0 Å². The predicted octanol–water partition coefficient (Wildman–Crippen LogP) is 3.23. The lowest BCUT2D eigenvalue weighted by molar-refractivity contribution is 0.0983. The number of benzene rings is 1. The Morgan fingerprint density at radius 1 is 1.21 bits per heavy atom. The first-order valence-corrected chi connectivity index (χ1v) is 11.1. The van der Waals surface area contributed by atoms with Gasteiger partial charge in [0.2, 0.25) is 0 Å². The van der Waals surface area contributed by atoms with Crippen molar-refractivity contribution in [1.29, 1.82) is 0 Å². The molecule has 10 heteroatoms. The van der Waals surface area contributed by atoms with E-state index >= 15 is 0 Å². The van der Waals surface area contributed by atoms with Crippen molar-refractivity contribution in [2.75, 3.05) is 17.2 Å². The van der Waals surface area contributed by atoms with Crippen LogP contribution < -0.4 is 21.9 Å². The number of nitrogens with zero attached hydrogens (tertiary/aromatic N) is 4. The van der Waals surface area contributed by atoms with Gasteiger partial charge in [-0.2, -0.15) is 5.10 Å². The fraction of sp³-hybridized carbons (Fsp3) is 0.391. The topological polar surface area (TPSA) is 119 Å². The molecule has 3 aromatic rings. The number of anilines is 2. The summed E-state index contributed by atoms with van der Waals surface area (Å²) < 4.78 is 2.91. The van der Waals surface area contributed by atoms with E-state index in [1.165, 1.54) is 15.7 Å². The second-order valence-corrected chi connectivity index (χ2v) is 9.28. The van der Waals surface area contributed by atoms with Crippen LogP contribution in [-0.4, -0.2) is 31.8 Å². The third-order valence-corrected chi connectivity index (χ3v) is 5.35. The quantitative estimate of drug-likeness (QED) is 0.547. The van der Waals surface area contributed by atoms with Gasteiger partial charge in [0.05, 0.1) is 23.1 Å². The van der Waals surface area contributed by atoms with Gasteiger partial charge in [-0.25, -0.2) is 9.48 Å². The highest BCUT2D eigenvalue weighted by molar-refractivity contribution is 6.30. The van der Waals surface area contributed by atoms with Gasteiger partial charge in [0.15, 0.2) is 5.69 Å². The van der Waals surface area contributed by atoms with E-state index in [0.29, 0.717) is 28.5 Å². The zero-order chi connectivity index (χ0) is 24.4. The first-order valence-electron chi connectivity index (χ1n) is 10.8. The molecule has 0 aliphatic carbocycles. The summed E-state index contributed by atoms with van der Waals surface area (Å²) in [7, 11) is 0. The summed E-state index contributed by atoms with van der Waals surface area (Å²) in [6.07, 6.45) is 1.46. The minimum atomic E-state index is -0.702. The van der Waals surface area contributed by atoms with Crippen LogP contribution in [0.2, 0.25) is 5.02 Å². The molecule has 0 radical (unpaired) electrons. The summed E-state index contributed by atoms with van der Waals surface area (Å²) in [6, 6.07) is 7.12. The van der Waals surface area contributed by atoms with E-state index in [9.17, 15) is 14.4 Å². The zero-order valence-electron chi connectivity index (χ0n) is 19.4. The Balaban J connectivity index is 2.13.